The van der Waals surface area contributed by atoms with Gasteiger partial charge in [0.2, 0.25) is 0 Å². The number of alkyl halides is 3. The Kier molecular flexibility index (Phi) is 4.16. The van der Waals surface area contributed by atoms with E-state index in [0.717, 1.165) is 38.2 Å². The Balaban J connectivity index is 2.33. The molecular formula is C15H18F3NO2. The fourth-order valence-electron chi connectivity index (χ4n) is 2.79. The SMILES string of the molecule is CC1(Nc2ccc(C(F)(F)F)cc2C(=O)O)CCCCC1. The van der Waals surface area contributed by atoms with Gasteiger partial charge >= 0.3 is 12.1 Å². The number of hydrogen-bond donors (Lipinski definition) is 2. The van der Waals surface area contributed by atoms with E-state index in [1.807, 2.05) is 6.92 Å². The van der Waals surface area contributed by atoms with E-state index in [1.54, 1.807) is 0 Å². The number of hydrogen-bond acceptors (Lipinski definition) is 2. The number of aromatic carboxylic acids is 1. The molecule has 0 aromatic heterocycles. The Bertz CT molecular complexity index is 534. The van der Waals surface area contributed by atoms with Crippen LogP contribution in [0.15, 0.2) is 18.2 Å². The molecule has 2 N–H and O–H groups in total. The molecule has 1 aromatic rings. The van der Waals surface area contributed by atoms with Crippen LogP contribution in [0, 0.1) is 0 Å². The van der Waals surface area contributed by atoms with Gasteiger partial charge in [0.15, 0.2) is 0 Å². The number of carbonyl (C=O) groups is 1. The van der Waals surface area contributed by atoms with Crippen molar-refractivity contribution in [1.82, 2.24) is 0 Å². The molecule has 0 bridgehead atoms. The summed E-state index contributed by atoms with van der Waals surface area (Å²) in [5, 5.41) is 12.3. The second-order valence-corrected chi connectivity index (χ2v) is 5.81. The number of halogens is 3. The molecule has 0 aliphatic heterocycles. The van der Waals surface area contributed by atoms with E-state index in [0.29, 0.717) is 6.07 Å². The molecule has 0 heterocycles. The molecule has 6 heteroatoms. The zero-order valence-corrected chi connectivity index (χ0v) is 11.8. The van der Waals surface area contributed by atoms with Crippen LogP contribution in [0.3, 0.4) is 0 Å². The molecule has 3 nitrogen and oxygen atoms in total. The van der Waals surface area contributed by atoms with Crippen LogP contribution in [0.1, 0.15) is 54.9 Å². The second kappa shape index (κ2) is 5.58. The summed E-state index contributed by atoms with van der Waals surface area (Å²) >= 11 is 0. The van der Waals surface area contributed by atoms with E-state index in [-0.39, 0.29) is 16.8 Å². The average molecular weight is 301 g/mol. The maximum Gasteiger partial charge on any atom is 0.416 e. The standard InChI is InChI=1S/C15H18F3NO2/c1-14(7-3-2-4-8-14)19-12-6-5-10(15(16,17)18)9-11(12)13(20)21/h5-6,9,19H,2-4,7-8H2,1H3,(H,20,21). The van der Waals surface area contributed by atoms with Gasteiger partial charge in [-0.3, -0.25) is 0 Å². The minimum absolute atomic E-state index is 0.250. The molecule has 0 unspecified atom stereocenters. The first-order valence-electron chi connectivity index (χ1n) is 6.94. The predicted octanol–water partition coefficient (Wildman–Crippen LogP) is 4.54. The Morgan fingerprint density at radius 1 is 1.24 bits per heavy atom. The summed E-state index contributed by atoms with van der Waals surface area (Å²) in [4.78, 5) is 11.2. The average Bonchev–Trinajstić information content (AvgIpc) is 2.38. The monoisotopic (exact) mass is 301 g/mol. The lowest BCUT2D eigenvalue weighted by Crippen LogP contribution is -2.37. The molecule has 1 saturated carbocycles. The van der Waals surface area contributed by atoms with Crippen molar-refractivity contribution in [2.45, 2.75) is 50.7 Å². The minimum atomic E-state index is -4.54. The predicted molar refractivity (Wildman–Crippen MR) is 73.5 cm³/mol. The highest BCUT2D eigenvalue weighted by Crippen LogP contribution is 2.35. The summed E-state index contributed by atoms with van der Waals surface area (Å²) in [6.45, 7) is 1.98. The molecule has 21 heavy (non-hydrogen) atoms. The van der Waals surface area contributed by atoms with Crippen molar-refractivity contribution in [3.63, 3.8) is 0 Å². The summed E-state index contributed by atoms with van der Waals surface area (Å²) in [6.07, 6.45) is 0.423. The summed E-state index contributed by atoms with van der Waals surface area (Å²) in [6, 6.07) is 2.82. The topological polar surface area (TPSA) is 49.3 Å². The van der Waals surface area contributed by atoms with Crippen LogP contribution in [0.25, 0.3) is 0 Å². The van der Waals surface area contributed by atoms with Gasteiger partial charge in [-0.1, -0.05) is 19.3 Å². The molecule has 0 spiro atoms. The third-order valence-electron chi connectivity index (χ3n) is 3.97. The third kappa shape index (κ3) is 3.68. The van der Waals surface area contributed by atoms with Crippen LogP contribution in [-0.2, 0) is 6.18 Å². The van der Waals surface area contributed by atoms with Crippen LogP contribution in [0.4, 0.5) is 18.9 Å². The normalized spacial score (nSPS) is 18.3. The number of carboxylic acid groups (broad SMARTS) is 1. The van der Waals surface area contributed by atoms with Gasteiger partial charge in [-0.05, 0) is 38.0 Å². The fourth-order valence-corrected chi connectivity index (χ4v) is 2.79. The molecule has 2 rings (SSSR count). The highest BCUT2D eigenvalue weighted by atomic mass is 19.4. The maximum atomic E-state index is 12.7. The van der Waals surface area contributed by atoms with Crippen molar-refractivity contribution >= 4 is 11.7 Å². The Morgan fingerprint density at radius 3 is 2.38 bits per heavy atom. The van der Waals surface area contributed by atoms with E-state index in [9.17, 15) is 18.0 Å². The van der Waals surface area contributed by atoms with Crippen LogP contribution in [0.5, 0.6) is 0 Å². The molecule has 0 atom stereocenters. The molecule has 1 aliphatic rings. The number of nitrogens with one attached hydrogen (secondary N) is 1. The van der Waals surface area contributed by atoms with Crippen molar-refractivity contribution in [1.29, 1.82) is 0 Å². The van der Waals surface area contributed by atoms with Crippen molar-refractivity contribution in [2.75, 3.05) is 5.32 Å². The van der Waals surface area contributed by atoms with E-state index < -0.39 is 17.7 Å². The molecule has 1 aromatic carbocycles. The fraction of sp³-hybridized carbons (Fsp3) is 0.533. The lowest BCUT2D eigenvalue weighted by atomic mass is 9.83. The Morgan fingerprint density at radius 2 is 1.86 bits per heavy atom. The summed E-state index contributed by atoms with van der Waals surface area (Å²) in [7, 11) is 0. The summed E-state index contributed by atoms with van der Waals surface area (Å²) in [5.41, 5.74) is -1.29. The smallest absolute Gasteiger partial charge is 0.416 e. The van der Waals surface area contributed by atoms with Gasteiger partial charge in [0.1, 0.15) is 0 Å². The van der Waals surface area contributed by atoms with Crippen LogP contribution in [-0.4, -0.2) is 16.6 Å². The van der Waals surface area contributed by atoms with E-state index in [2.05, 4.69) is 5.32 Å². The van der Waals surface area contributed by atoms with E-state index in [4.69, 9.17) is 5.11 Å². The van der Waals surface area contributed by atoms with Crippen molar-refractivity contribution < 1.29 is 23.1 Å². The lowest BCUT2D eigenvalue weighted by molar-refractivity contribution is -0.137. The number of anilines is 1. The van der Waals surface area contributed by atoms with Crippen molar-refractivity contribution in [3.8, 4) is 0 Å². The van der Waals surface area contributed by atoms with Gasteiger partial charge in [-0.2, -0.15) is 13.2 Å². The van der Waals surface area contributed by atoms with Gasteiger partial charge in [0.25, 0.3) is 0 Å². The minimum Gasteiger partial charge on any atom is -0.478 e. The number of benzene rings is 1. The van der Waals surface area contributed by atoms with Crippen LogP contribution < -0.4 is 5.32 Å². The van der Waals surface area contributed by atoms with Crippen molar-refractivity contribution in [2.24, 2.45) is 0 Å². The van der Waals surface area contributed by atoms with Gasteiger partial charge in [0, 0.05) is 11.2 Å². The maximum absolute atomic E-state index is 12.7. The Labute approximate surface area is 121 Å². The quantitative estimate of drug-likeness (QED) is 0.861. The van der Waals surface area contributed by atoms with E-state index >= 15 is 0 Å². The zero-order chi connectivity index (χ0) is 15.7. The molecule has 1 aliphatic carbocycles. The second-order valence-electron chi connectivity index (χ2n) is 5.81. The summed E-state index contributed by atoms with van der Waals surface area (Å²) < 4.78 is 38.1. The van der Waals surface area contributed by atoms with Gasteiger partial charge in [0.05, 0.1) is 11.1 Å². The van der Waals surface area contributed by atoms with Gasteiger partial charge in [-0.15, -0.1) is 0 Å². The molecular weight excluding hydrogens is 283 g/mol. The molecule has 0 saturated heterocycles. The first kappa shape index (κ1) is 15.7. The molecule has 1 fully saturated rings. The molecule has 116 valence electrons. The lowest BCUT2D eigenvalue weighted by Gasteiger charge is -2.36. The molecule has 0 amide bonds. The largest absolute Gasteiger partial charge is 0.478 e. The number of carboxylic acids is 1. The highest BCUT2D eigenvalue weighted by Gasteiger charge is 2.33. The summed E-state index contributed by atoms with van der Waals surface area (Å²) in [5.74, 6) is -1.36. The number of rotatable bonds is 3. The third-order valence-corrected chi connectivity index (χ3v) is 3.97. The highest BCUT2D eigenvalue weighted by molar-refractivity contribution is 5.94. The van der Waals surface area contributed by atoms with Crippen LogP contribution >= 0.6 is 0 Å². The first-order valence-corrected chi connectivity index (χ1v) is 6.94. The van der Waals surface area contributed by atoms with Crippen LogP contribution in [0.2, 0.25) is 0 Å². The van der Waals surface area contributed by atoms with E-state index in [1.165, 1.54) is 6.07 Å². The first-order chi connectivity index (χ1) is 9.71. The van der Waals surface area contributed by atoms with Crippen molar-refractivity contribution in [3.05, 3.63) is 29.3 Å². The Hall–Kier alpha value is -1.72. The zero-order valence-electron chi connectivity index (χ0n) is 11.8. The van der Waals surface area contributed by atoms with Gasteiger partial charge < -0.3 is 10.4 Å². The van der Waals surface area contributed by atoms with Gasteiger partial charge in [-0.25, -0.2) is 4.79 Å². The molecule has 0 radical (unpaired) electrons.